The lowest BCUT2D eigenvalue weighted by Gasteiger charge is -2.21. The van der Waals surface area contributed by atoms with Gasteiger partial charge in [0.2, 0.25) is 11.5 Å². The van der Waals surface area contributed by atoms with Gasteiger partial charge in [-0.25, -0.2) is 4.98 Å². The van der Waals surface area contributed by atoms with E-state index >= 15 is 0 Å². The Bertz CT molecular complexity index is 1520. The maximum absolute atomic E-state index is 13.0. The largest absolute Gasteiger partial charge is 0.489 e. The molecular weight excluding hydrogens is 442 g/mol. The van der Waals surface area contributed by atoms with Crippen LogP contribution in [-0.4, -0.2) is 26.9 Å². The molecule has 0 N–H and O–H groups in total. The minimum atomic E-state index is -0.365. The molecule has 0 saturated heterocycles. The van der Waals surface area contributed by atoms with Crippen LogP contribution in [0.3, 0.4) is 0 Å². The van der Waals surface area contributed by atoms with Crippen LogP contribution in [0, 0.1) is 0 Å². The quantitative estimate of drug-likeness (QED) is 0.329. The van der Waals surface area contributed by atoms with Crippen LogP contribution in [0.4, 0.5) is 0 Å². The number of hydrogen-bond acceptors (Lipinski definition) is 5. The molecule has 1 amide bonds. The maximum Gasteiger partial charge on any atom is 0.297 e. The van der Waals surface area contributed by atoms with E-state index in [2.05, 4.69) is 4.98 Å². The van der Waals surface area contributed by atoms with Crippen molar-refractivity contribution in [2.24, 2.45) is 0 Å². The van der Waals surface area contributed by atoms with Crippen LogP contribution in [0.2, 0.25) is 0 Å². The average Bonchev–Trinajstić information content (AvgIpc) is 3.28. The molecule has 2 aromatic heterocycles. The van der Waals surface area contributed by atoms with E-state index in [0.29, 0.717) is 30.8 Å². The number of hydrogen-bond donors (Lipinski definition) is 0. The Labute approximate surface area is 202 Å². The number of carbonyl (C=O) groups is 1. The highest BCUT2D eigenvalue weighted by Crippen LogP contribution is 2.24. The minimum Gasteiger partial charge on any atom is -0.489 e. The molecule has 0 radical (unpaired) electrons. The van der Waals surface area contributed by atoms with Crippen molar-refractivity contribution in [2.75, 3.05) is 6.54 Å². The molecule has 0 unspecified atom stereocenters. The molecule has 0 aliphatic rings. The molecule has 0 bridgehead atoms. The van der Waals surface area contributed by atoms with Crippen molar-refractivity contribution in [3.8, 4) is 5.75 Å². The third-order valence-electron chi connectivity index (χ3n) is 5.94. The highest BCUT2D eigenvalue weighted by Gasteiger charge is 2.17. The monoisotopic (exact) mass is 467 g/mol. The Balaban J connectivity index is 1.26. The van der Waals surface area contributed by atoms with E-state index in [1.54, 1.807) is 11.0 Å². The van der Waals surface area contributed by atoms with Crippen molar-refractivity contribution in [3.05, 3.63) is 107 Å². The number of amides is 1. The fourth-order valence-electron chi connectivity index (χ4n) is 4.00. The average molecular weight is 468 g/mol. The summed E-state index contributed by atoms with van der Waals surface area (Å²) < 4.78 is 12.9. The molecule has 0 saturated carbocycles. The van der Waals surface area contributed by atoms with Gasteiger partial charge in [0.25, 0.3) is 5.56 Å². The first-order valence-corrected chi connectivity index (χ1v) is 11.5. The number of ether oxygens (including phenoxy) is 1. The number of aromatic nitrogens is 2. The van der Waals surface area contributed by atoms with Gasteiger partial charge in [0.15, 0.2) is 0 Å². The Morgan fingerprint density at radius 1 is 0.971 bits per heavy atom. The van der Waals surface area contributed by atoms with E-state index in [0.717, 1.165) is 22.3 Å². The molecule has 0 aliphatic heterocycles. The lowest BCUT2D eigenvalue weighted by molar-refractivity contribution is -0.132. The lowest BCUT2D eigenvalue weighted by atomic mass is 10.2. The lowest BCUT2D eigenvalue weighted by Crippen LogP contribution is -2.36. The zero-order valence-corrected chi connectivity index (χ0v) is 19.4. The summed E-state index contributed by atoms with van der Waals surface area (Å²) >= 11 is 0. The van der Waals surface area contributed by atoms with Gasteiger partial charge >= 0.3 is 0 Å². The Kier molecular flexibility index (Phi) is 6.30. The van der Waals surface area contributed by atoms with E-state index in [4.69, 9.17) is 9.15 Å². The van der Waals surface area contributed by atoms with E-state index in [1.165, 1.54) is 10.9 Å². The fraction of sp³-hybridized carbons (Fsp3) is 0.179. The van der Waals surface area contributed by atoms with Gasteiger partial charge in [0, 0.05) is 18.5 Å². The number of fused-ring (bicyclic) bond motifs is 3. The van der Waals surface area contributed by atoms with Crippen molar-refractivity contribution < 1.29 is 13.9 Å². The van der Waals surface area contributed by atoms with Crippen molar-refractivity contribution >= 4 is 28.0 Å². The van der Waals surface area contributed by atoms with Crippen LogP contribution in [0.1, 0.15) is 18.1 Å². The summed E-state index contributed by atoms with van der Waals surface area (Å²) in [5.74, 6) is 0.597. The van der Waals surface area contributed by atoms with Gasteiger partial charge in [0.05, 0.1) is 6.33 Å². The van der Waals surface area contributed by atoms with Gasteiger partial charge in [-0.2, -0.15) is 0 Å². The molecule has 7 nitrogen and oxygen atoms in total. The summed E-state index contributed by atoms with van der Waals surface area (Å²) in [6.45, 7) is 3.26. The standard InChI is InChI=1S/C28H25N3O4/c1-2-30(16-20-12-14-22(15-13-20)34-18-21-8-4-3-5-9-21)25(32)17-31-19-29-26-23-10-6-7-11-24(23)35-27(26)28(31)33/h3-15,19H,2,16-18H2,1H3. The SMILES string of the molecule is CCN(Cc1ccc(OCc2ccccc2)cc1)C(=O)Cn1cnc2c(oc3ccccc32)c1=O. The molecule has 35 heavy (non-hydrogen) atoms. The molecule has 5 rings (SSSR count). The zero-order valence-electron chi connectivity index (χ0n) is 19.4. The molecule has 5 aromatic rings. The summed E-state index contributed by atoms with van der Waals surface area (Å²) in [5, 5.41) is 0.782. The second-order valence-corrected chi connectivity index (χ2v) is 8.28. The summed E-state index contributed by atoms with van der Waals surface area (Å²) in [7, 11) is 0. The van der Waals surface area contributed by atoms with Crippen molar-refractivity contribution in [1.29, 1.82) is 0 Å². The van der Waals surface area contributed by atoms with Gasteiger partial charge in [0.1, 0.15) is 30.0 Å². The van der Waals surface area contributed by atoms with Gasteiger partial charge in [-0.15, -0.1) is 0 Å². The third-order valence-corrected chi connectivity index (χ3v) is 5.94. The number of para-hydroxylation sites is 1. The van der Waals surface area contributed by atoms with Crippen molar-refractivity contribution in [3.63, 3.8) is 0 Å². The summed E-state index contributed by atoms with van der Waals surface area (Å²) in [6.07, 6.45) is 1.41. The van der Waals surface area contributed by atoms with Gasteiger partial charge in [-0.1, -0.05) is 54.6 Å². The van der Waals surface area contributed by atoms with Gasteiger partial charge in [-0.05, 0) is 42.3 Å². The topological polar surface area (TPSA) is 77.6 Å². The minimum absolute atomic E-state index is 0.106. The summed E-state index contributed by atoms with van der Waals surface area (Å²) in [6, 6.07) is 25.1. The molecule has 0 aliphatic carbocycles. The third kappa shape index (κ3) is 4.80. The Morgan fingerprint density at radius 3 is 2.49 bits per heavy atom. The highest BCUT2D eigenvalue weighted by molar-refractivity contribution is 6.01. The second kappa shape index (κ2) is 9.85. The molecule has 7 heteroatoms. The zero-order chi connectivity index (χ0) is 24.2. The molecule has 3 aromatic carbocycles. The van der Waals surface area contributed by atoms with Crippen LogP contribution < -0.4 is 10.3 Å². The van der Waals surface area contributed by atoms with Crippen LogP contribution in [0.25, 0.3) is 22.1 Å². The van der Waals surface area contributed by atoms with Crippen LogP contribution in [0.15, 0.2) is 94.4 Å². The van der Waals surface area contributed by atoms with Crippen molar-refractivity contribution in [1.82, 2.24) is 14.5 Å². The number of benzene rings is 3. The smallest absolute Gasteiger partial charge is 0.297 e. The number of likely N-dealkylation sites (N-methyl/N-ethyl adjacent to an activating group) is 1. The van der Waals surface area contributed by atoms with Crippen LogP contribution in [0.5, 0.6) is 5.75 Å². The summed E-state index contributed by atoms with van der Waals surface area (Å²) in [4.78, 5) is 32.1. The van der Waals surface area contributed by atoms with Crippen LogP contribution >= 0.6 is 0 Å². The molecule has 0 atom stereocenters. The predicted molar refractivity (Wildman–Crippen MR) is 134 cm³/mol. The highest BCUT2D eigenvalue weighted by atomic mass is 16.5. The fourth-order valence-corrected chi connectivity index (χ4v) is 4.00. The van der Waals surface area contributed by atoms with E-state index in [9.17, 15) is 9.59 Å². The first-order valence-electron chi connectivity index (χ1n) is 11.5. The van der Waals surface area contributed by atoms with Crippen LogP contribution in [-0.2, 0) is 24.5 Å². The number of nitrogens with zero attached hydrogens (tertiary/aromatic N) is 3. The van der Waals surface area contributed by atoms with E-state index in [1.807, 2.05) is 79.7 Å². The normalized spacial score (nSPS) is 11.1. The van der Waals surface area contributed by atoms with Crippen molar-refractivity contribution in [2.45, 2.75) is 26.6 Å². The Morgan fingerprint density at radius 2 is 1.71 bits per heavy atom. The van der Waals surface area contributed by atoms with E-state index in [-0.39, 0.29) is 23.6 Å². The number of rotatable bonds is 8. The second-order valence-electron chi connectivity index (χ2n) is 8.28. The number of furan rings is 1. The predicted octanol–water partition coefficient (Wildman–Crippen LogP) is 4.77. The molecular formula is C28H25N3O4. The first kappa shape index (κ1) is 22.4. The molecule has 2 heterocycles. The summed E-state index contributed by atoms with van der Waals surface area (Å²) in [5.41, 5.74) is 2.99. The van der Waals surface area contributed by atoms with Gasteiger partial charge < -0.3 is 14.1 Å². The number of carbonyl (C=O) groups excluding carboxylic acids is 1. The van der Waals surface area contributed by atoms with E-state index < -0.39 is 0 Å². The molecule has 0 spiro atoms. The first-order chi connectivity index (χ1) is 17.1. The molecule has 176 valence electrons. The van der Waals surface area contributed by atoms with Gasteiger partial charge in [-0.3, -0.25) is 14.2 Å². The Hall–Kier alpha value is -4.39. The maximum atomic E-state index is 13.0. The molecule has 0 fully saturated rings.